The van der Waals surface area contributed by atoms with Gasteiger partial charge in [-0.1, -0.05) is 121 Å². The number of hydrogen-bond acceptors (Lipinski definition) is 4. The zero-order valence-corrected chi connectivity index (χ0v) is 34.9. The number of nitrogens with zero attached hydrogens (tertiary/aromatic N) is 4. The van der Waals surface area contributed by atoms with E-state index in [1.54, 1.807) is 0 Å². The van der Waals surface area contributed by atoms with E-state index in [0.29, 0.717) is 11.1 Å². The number of amides is 2. The number of para-hydroxylation sites is 4. The standard InChI is InChI=1S/C56H50N4O2/c61-55(57-37-13-14-38-57)53(45-29-33-51(34-30-45)59(47-17-5-1-6-18-47)48-19-7-2-8-20-48)41-43-25-27-44(28-26-43)42-54(56(62)58-39-15-16-40-58)46-31-35-52(36-32-46)60(49-21-9-3-10-22-49)50-23-11-4-12-24-50/h1-12,17-36,41-42H,13-16,37-40H2. The molecule has 0 spiro atoms. The van der Waals surface area contributed by atoms with Crippen molar-refractivity contribution in [3.63, 3.8) is 0 Å². The highest BCUT2D eigenvalue weighted by Crippen LogP contribution is 2.37. The van der Waals surface area contributed by atoms with Gasteiger partial charge < -0.3 is 19.6 Å². The van der Waals surface area contributed by atoms with Crippen molar-refractivity contribution in [1.29, 1.82) is 0 Å². The van der Waals surface area contributed by atoms with Gasteiger partial charge in [0.2, 0.25) is 0 Å². The largest absolute Gasteiger partial charge is 0.339 e. The lowest BCUT2D eigenvalue weighted by Crippen LogP contribution is -2.28. The molecule has 0 aromatic heterocycles. The molecule has 0 atom stereocenters. The molecule has 2 saturated heterocycles. The van der Waals surface area contributed by atoms with Crippen LogP contribution >= 0.6 is 0 Å². The summed E-state index contributed by atoms with van der Waals surface area (Å²) in [5.74, 6) is 0.0875. The van der Waals surface area contributed by atoms with Crippen molar-refractivity contribution in [1.82, 2.24) is 9.80 Å². The molecule has 2 aliphatic rings. The molecule has 7 aromatic carbocycles. The SMILES string of the molecule is O=C(C(=Cc1ccc(C=C(C(=O)N2CCCC2)c2ccc(N(c3ccccc3)c3ccccc3)cc2)cc1)c1ccc(N(c2ccccc2)c2ccccc2)cc1)N1CCCC1. The fourth-order valence-electron chi connectivity index (χ4n) is 8.52. The Kier molecular flexibility index (Phi) is 12.2. The molecule has 306 valence electrons. The normalized spacial score (nSPS) is 14.2. The van der Waals surface area contributed by atoms with Crippen molar-refractivity contribution < 1.29 is 9.59 Å². The quantitative estimate of drug-likeness (QED) is 0.0911. The lowest BCUT2D eigenvalue weighted by molar-refractivity contribution is -0.124. The van der Waals surface area contributed by atoms with Crippen LogP contribution in [0.15, 0.2) is 194 Å². The van der Waals surface area contributed by atoms with Gasteiger partial charge in [-0.3, -0.25) is 9.59 Å². The molecule has 7 aromatic rings. The van der Waals surface area contributed by atoms with E-state index < -0.39 is 0 Å². The molecule has 0 N–H and O–H groups in total. The summed E-state index contributed by atoms with van der Waals surface area (Å²) in [6.07, 6.45) is 8.08. The van der Waals surface area contributed by atoms with E-state index in [1.165, 1.54) is 0 Å². The first kappa shape index (κ1) is 40.0. The van der Waals surface area contributed by atoms with E-state index >= 15 is 0 Å². The zero-order valence-electron chi connectivity index (χ0n) is 34.9. The van der Waals surface area contributed by atoms with Crippen LogP contribution in [0.25, 0.3) is 23.3 Å². The van der Waals surface area contributed by atoms with Crippen molar-refractivity contribution in [2.24, 2.45) is 0 Å². The van der Waals surface area contributed by atoms with Gasteiger partial charge in [0.25, 0.3) is 11.8 Å². The van der Waals surface area contributed by atoms with Crippen molar-refractivity contribution >= 4 is 69.2 Å². The van der Waals surface area contributed by atoms with Crippen molar-refractivity contribution in [2.75, 3.05) is 36.0 Å². The van der Waals surface area contributed by atoms with Gasteiger partial charge in [0.05, 0.1) is 0 Å². The molecule has 9 rings (SSSR count). The summed E-state index contributed by atoms with van der Waals surface area (Å²) < 4.78 is 0. The summed E-state index contributed by atoms with van der Waals surface area (Å²) in [5.41, 5.74) is 11.2. The predicted molar refractivity (Wildman–Crippen MR) is 256 cm³/mol. The molecule has 6 heteroatoms. The summed E-state index contributed by atoms with van der Waals surface area (Å²) in [7, 11) is 0. The van der Waals surface area contributed by atoms with Gasteiger partial charge in [0.15, 0.2) is 0 Å². The maximum atomic E-state index is 14.2. The van der Waals surface area contributed by atoms with Gasteiger partial charge in [-0.2, -0.15) is 0 Å². The Morgan fingerprint density at radius 3 is 0.871 bits per heavy atom. The second kappa shape index (κ2) is 18.9. The van der Waals surface area contributed by atoms with Gasteiger partial charge >= 0.3 is 0 Å². The molecular weight excluding hydrogens is 761 g/mol. The Balaban J connectivity index is 1.03. The van der Waals surface area contributed by atoms with E-state index in [2.05, 4.69) is 107 Å². The Morgan fingerprint density at radius 2 is 0.597 bits per heavy atom. The minimum atomic E-state index is 0.0437. The third-order valence-corrected chi connectivity index (χ3v) is 11.7. The van der Waals surface area contributed by atoms with Crippen LogP contribution in [-0.2, 0) is 9.59 Å². The Labute approximate surface area is 365 Å². The molecule has 2 fully saturated rings. The molecule has 0 aliphatic carbocycles. The highest BCUT2D eigenvalue weighted by atomic mass is 16.2. The second-order valence-corrected chi connectivity index (χ2v) is 15.9. The Bertz CT molecular complexity index is 2370. The molecule has 6 nitrogen and oxygen atoms in total. The number of carbonyl (C=O) groups excluding carboxylic acids is 2. The third kappa shape index (κ3) is 9.01. The summed E-state index contributed by atoms with van der Waals surface area (Å²) in [6, 6.07) is 66.2. The summed E-state index contributed by atoms with van der Waals surface area (Å²) >= 11 is 0. The number of carbonyl (C=O) groups is 2. The highest BCUT2D eigenvalue weighted by molar-refractivity contribution is 6.25. The fraction of sp³-hybridized carbons (Fsp3) is 0.143. The van der Waals surface area contributed by atoms with Crippen LogP contribution in [0.3, 0.4) is 0 Å². The van der Waals surface area contributed by atoms with Crippen LogP contribution in [0.1, 0.15) is 47.9 Å². The van der Waals surface area contributed by atoms with E-state index in [4.69, 9.17) is 0 Å². The summed E-state index contributed by atoms with van der Waals surface area (Å²) in [6.45, 7) is 3.05. The van der Waals surface area contributed by atoms with Gasteiger partial charge in [-0.15, -0.1) is 0 Å². The first-order valence-electron chi connectivity index (χ1n) is 21.7. The maximum Gasteiger partial charge on any atom is 0.254 e. The smallest absolute Gasteiger partial charge is 0.254 e. The minimum Gasteiger partial charge on any atom is -0.339 e. The topological polar surface area (TPSA) is 47.1 Å². The van der Waals surface area contributed by atoms with E-state index in [-0.39, 0.29) is 11.8 Å². The van der Waals surface area contributed by atoms with E-state index in [1.807, 2.05) is 119 Å². The molecule has 0 saturated carbocycles. The van der Waals surface area contributed by atoms with Crippen LogP contribution in [0, 0.1) is 0 Å². The van der Waals surface area contributed by atoms with Crippen LogP contribution in [0.2, 0.25) is 0 Å². The Morgan fingerprint density at radius 1 is 0.339 bits per heavy atom. The first-order valence-corrected chi connectivity index (χ1v) is 21.7. The van der Waals surface area contributed by atoms with E-state index in [9.17, 15) is 9.59 Å². The predicted octanol–water partition coefficient (Wildman–Crippen LogP) is 13.0. The molecule has 2 amide bonds. The van der Waals surface area contributed by atoms with Gasteiger partial charge in [0, 0.05) is 71.4 Å². The van der Waals surface area contributed by atoms with Crippen LogP contribution in [0.4, 0.5) is 34.1 Å². The van der Waals surface area contributed by atoms with E-state index in [0.717, 1.165) is 108 Å². The van der Waals surface area contributed by atoms with Crippen molar-refractivity contribution in [3.8, 4) is 0 Å². The second-order valence-electron chi connectivity index (χ2n) is 15.9. The van der Waals surface area contributed by atoms with Crippen molar-refractivity contribution in [2.45, 2.75) is 25.7 Å². The summed E-state index contributed by atoms with van der Waals surface area (Å²) in [4.78, 5) is 36.8. The minimum absolute atomic E-state index is 0.0437. The van der Waals surface area contributed by atoms with Gasteiger partial charge in [0.1, 0.15) is 0 Å². The molecule has 2 aliphatic heterocycles. The molecule has 62 heavy (non-hydrogen) atoms. The van der Waals surface area contributed by atoms with Crippen LogP contribution < -0.4 is 9.80 Å². The number of hydrogen-bond donors (Lipinski definition) is 0. The molecular formula is C56H50N4O2. The Hall–Kier alpha value is -7.44. The molecule has 0 bridgehead atoms. The average Bonchev–Trinajstić information content (AvgIpc) is 4.09. The monoisotopic (exact) mass is 810 g/mol. The van der Waals surface area contributed by atoms with Crippen LogP contribution in [-0.4, -0.2) is 47.8 Å². The zero-order chi connectivity index (χ0) is 42.1. The first-order chi connectivity index (χ1) is 30.6. The third-order valence-electron chi connectivity index (χ3n) is 11.7. The number of rotatable bonds is 12. The van der Waals surface area contributed by atoms with Gasteiger partial charge in [-0.25, -0.2) is 0 Å². The summed E-state index contributed by atoms with van der Waals surface area (Å²) in [5, 5.41) is 0. The highest BCUT2D eigenvalue weighted by Gasteiger charge is 2.25. The maximum absolute atomic E-state index is 14.2. The number of anilines is 6. The number of benzene rings is 7. The fourth-order valence-corrected chi connectivity index (χ4v) is 8.52. The van der Waals surface area contributed by atoms with Crippen LogP contribution in [0.5, 0.6) is 0 Å². The molecule has 2 heterocycles. The average molecular weight is 811 g/mol. The lowest BCUT2D eigenvalue weighted by atomic mass is 9.98. The number of likely N-dealkylation sites (tertiary alicyclic amines) is 2. The van der Waals surface area contributed by atoms with Gasteiger partial charge in [-0.05, 0) is 133 Å². The molecule has 0 radical (unpaired) electrons. The van der Waals surface area contributed by atoms with Crippen molar-refractivity contribution in [3.05, 3.63) is 216 Å². The molecule has 0 unspecified atom stereocenters. The lowest BCUT2D eigenvalue weighted by Gasteiger charge is -2.26.